The summed E-state index contributed by atoms with van der Waals surface area (Å²) in [5.41, 5.74) is 1.12. The molecule has 0 saturated heterocycles. The van der Waals surface area contributed by atoms with Crippen LogP contribution in [0.5, 0.6) is 11.5 Å². The molecular formula is C17H20IN4O4P. The Bertz CT molecular complexity index is 776. The molecular weight excluding hydrogens is 482 g/mol. The molecule has 0 aromatic carbocycles. The molecule has 144 valence electrons. The molecule has 2 aromatic heterocycles. The van der Waals surface area contributed by atoms with Gasteiger partial charge in [-0.3, -0.25) is 14.6 Å². The Kier molecular flexibility index (Phi) is 8.83. The van der Waals surface area contributed by atoms with Crippen LogP contribution in [0.25, 0.3) is 0 Å². The highest BCUT2D eigenvalue weighted by Crippen LogP contribution is 2.25. The summed E-state index contributed by atoms with van der Waals surface area (Å²) in [6, 6.07) is 5.16. The van der Waals surface area contributed by atoms with E-state index in [1.807, 2.05) is 13.0 Å². The lowest BCUT2D eigenvalue weighted by atomic mass is 10.2. The number of pyridine rings is 2. The highest BCUT2D eigenvalue weighted by atomic mass is 127. The molecule has 2 aromatic rings. The van der Waals surface area contributed by atoms with Crippen molar-refractivity contribution in [1.82, 2.24) is 14.9 Å². The van der Waals surface area contributed by atoms with Gasteiger partial charge in [0.2, 0.25) is 6.41 Å². The van der Waals surface area contributed by atoms with Gasteiger partial charge in [-0.2, -0.15) is 0 Å². The normalized spacial score (nSPS) is 10.8. The van der Waals surface area contributed by atoms with Crippen LogP contribution in [-0.4, -0.2) is 47.4 Å². The molecule has 1 N–H and O–H groups in total. The second-order valence-electron chi connectivity index (χ2n) is 5.57. The number of nitrogens with one attached hydrogen (secondary N) is 1. The van der Waals surface area contributed by atoms with E-state index >= 15 is 0 Å². The van der Waals surface area contributed by atoms with Crippen molar-refractivity contribution in [2.45, 2.75) is 13.3 Å². The largest absolute Gasteiger partial charge is 0.454 e. The van der Waals surface area contributed by atoms with Crippen molar-refractivity contribution in [2.24, 2.45) is 0 Å². The van der Waals surface area contributed by atoms with Crippen molar-refractivity contribution in [3.8, 4) is 11.5 Å². The Labute approximate surface area is 172 Å². The average molecular weight is 502 g/mol. The minimum Gasteiger partial charge on any atom is -0.454 e. The summed E-state index contributed by atoms with van der Waals surface area (Å²) in [7, 11) is 1.69. The van der Waals surface area contributed by atoms with Crippen LogP contribution in [0.15, 0.2) is 30.6 Å². The second-order valence-corrected chi connectivity index (χ2v) is 7.34. The third-order valence-corrected chi connectivity index (χ3v) is 4.80. The minimum atomic E-state index is -0.267. The fourth-order valence-corrected chi connectivity index (χ4v) is 3.09. The SMILES string of the molecule is Cc1ccc(Oc2cnc(NC=O)c(C(=O)N(C)CCCOPI)c2)cn1. The number of halogens is 1. The van der Waals surface area contributed by atoms with Crippen LogP contribution in [-0.2, 0) is 9.32 Å². The maximum atomic E-state index is 12.8. The average Bonchev–Trinajstić information content (AvgIpc) is 2.67. The third-order valence-electron chi connectivity index (χ3n) is 3.55. The van der Waals surface area contributed by atoms with E-state index in [1.54, 1.807) is 30.3 Å². The monoisotopic (exact) mass is 502 g/mol. The topological polar surface area (TPSA) is 93.6 Å². The van der Waals surface area contributed by atoms with Crippen molar-refractivity contribution in [2.75, 3.05) is 25.5 Å². The van der Waals surface area contributed by atoms with E-state index in [2.05, 4.69) is 37.3 Å². The summed E-state index contributed by atoms with van der Waals surface area (Å²) in [6.07, 6.45) is 4.23. The molecule has 8 nitrogen and oxygen atoms in total. The van der Waals surface area contributed by atoms with Gasteiger partial charge in [-0.1, -0.05) is 0 Å². The molecule has 2 rings (SSSR count). The van der Waals surface area contributed by atoms with Crippen LogP contribution in [0.4, 0.5) is 5.82 Å². The lowest BCUT2D eigenvalue weighted by Gasteiger charge is -2.19. The van der Waals surface area contributed by atoms with Crippen molar-refractivity contribution in [3.05, 3.63) is 41.9 Å². The lowest BCUT2D eigenvalue weighted by molar-refractivity contribution is -0.105. The number of hydrogen-bond donors (Lipinski definition) is 1. The van der Waals surface area contributed by atoms with Gasteiger partial charge in [-0.25, -0.2) is 4.98 Å². The van der Waals surface area contributed by atoms with E-state index in [4.69, 9.17) is 9.26 Å². The zero-order valence-electron chi connectivity index (χ0n) is 14.9. The van der Waals surface area contributed by atoms with Crippen molar-refractivity contribution in [1.29, 1.82) is 0 Å². The predicted molar refractivity (Wildman–Crippen MR) is 113 cm³/mol. The molecule has 0 spiro atoms. The molecule has 10 heteroatoms. The summed E-state index contributed by atoms with van der Waals surface area (Å²) < 4.78 is 11.0. The van der Waals surface area contributed by atoms with Crippen LogP contribution >= 0.6 is 28.5 Å². The summed E-state index contributed by atoms with van der Waals surface area (Å²) in [5.74, 6) is 0.822. The molecule has 0 radical (unpaired) electrons. The number of rotatable bonds is 10. The van der Waals surface area contributed by atoms with Gasteiger partial charge in [0, 0.05) is 19.3 Å². The first-order valence-electron chi connectivity index (χ1n) is 8.08. The standard InChI is InChI=1S/C17H20IN4O4P/c1-12-4-5-13(9-19-12)26-14-8-15(16(20-10-14)21-11-23)17(24)22(2)6-3-7-25-27-18/h4-5,8-11,27H,3,6-7H2,1-2H3,(H,20,21,23). The highest BCUT2D eigenvalue weighted by Gasteiger charge is 2.18. The molecule has 0 fully saturated rings. The molecule has 2 amide bonds. The molecule has 0 aliphatic heterocycles. The quantitative estimate of drug-likeness (QED) is 0.231. The van der Waals surface area contributed by atoms with Gasteiger partial charge in [0.25, 0.3) is 5.91 Å². The molecule has 2 heterocycles. The summed E-state index contributed by atoms with van der Waals surface area (Å²) in [4.78, 5) is 33.5. The van der Waals surface area contributed by atoms with Gasteiger partial charge < -0.3 is 19.5 Å². The number of nitrogens with zero attached hydrogens (tertiary/aromatic N) is 3. The molecule has 1 unspecified atom stereocenters. The van der Waals surface area contributed by atoms with E-state index < -0.39 is 0 Å². The first-order valence-corrected chi connectivity index (χ1v) is 12.1. The van der Waals surface area contributed by atoms with Crippen LogP contribution < -0.4 is 10.1 Å². The fourth-order valence-electron chi connectivity index (χ4n) is 2.21. The summed E-state index contributed by atoms with van der Waals surface area (Å²) in [6.45, 7) is 3.38. The van der Waals surface area contributed by atoms with Crippen LogP contribution in [0, 0.1) is 6.92 Å². The van der Waals surface area contributed by atoms with E-state index in [1.165, 1.54) is 6.20 Å². The Morgan fingerprint density at radius 3 is 2.78 bits per heavy atom. The Balaban J connectivity index is 2.17. The maximum Gasteiger partial charge on any atom is 0.257 e. The number of amides is 2. The van der Waals surface area contributed by atoms with Gasteiger partial charge >= 0.3 is 0 Å². The third kappa shape index (κ3) is 6.67. The van der Waals surface area contributed by atoms with Gasteiger partial charge in [-0.15, -0.1) is 0 Å². The smallest absolute Gasteiger partial charge is 0.257 e. The first kappa shape index (κ1) is 21.5. The molecule has 27 heavy (non-hydrogen) atoms. The van der Waals surface area contributed by atoms with Crippen molar-refractivity contribution in [3.63, 3.8) is 0 Å². The zero-order chi connectivity index (χ0) is 19.6. The Morgan fingerprint density at radius 1 is 1.33 bits per heavy atom. The fraction of sp³-hybridized carbons (Fsp3) is 0.294. The second kappa shape index (κ2) is 11.1. The van der Waals surface area contributed by atoms with E-state index in [9.17, 15) is 9.59 Å². The number of anilines is 1. The zero-order valence-corrected chi connectivity index (χ0v) is 18.1. The number of ether oxygens (including phenoxy) is 1. The van der Waals surface area contributed by atoms with Crippen LogP contribution in [0.1, 0.15) is 22.5 Å². The molecule has 1 atom stereocenters. The number of aromatic nitrogens is 2. The summed E-state index contributed by atoms with van der Waals surface area (Å²) >= 11 is 2.15. The highest BCUT2D eigenvalue weighted by molar-refractivity contribution is 14.2. The van der Waals surface area contributed by atoms with E-state index in [-0.39, 0.29) is 17.3 Å². The maximum absolute atomic E-state index is 12.8. The van der Waals surface area contributed by atoms with Gasteiger partial charge in [0.1, 0.15) is 17.3 Å². The lowest BCUT2D eigenvalue weighted by Crippen LogP contribution is -2.29. The number of carbonyl (C=O) groups is 2. The van der Waals surface area contributed by atoms with Crippen molar-refractivity contribution >= 4 is 46.6 Å². The van der Waals surface area contributed by atoms with Gasteiger partial charge in [0.15, 0.2) is 0 Å². The first-order chi connectivity index (χ1) is 13.0. The van der Waals surface area contributed by atoms with Crippen LogP contribution in [0.3, 0.4) is 0 Å². The molecule has 0 saturated carbocycles. The van der Waals surface area contributed by atoms with E-state index in [0.29, 0.717) is 43.9 Å². The summed E-state index contributed by atoms with van der Waals surface area (Å²) in [5, 5.41) is 2.46. The molecule has 0 aliphatic carbocycles. The van der Waals surface area contributed by atoms with Gasteiger partial charge in [0.05, 0.1) is 31.0 Å². The van der Waals surface area contributed by atoms with Crippen molar-refractivity contribution < 1.29 is 18.8 Å². The van der Waals surface area contributed by atoms with E-state index in [0.717, 1.165) is 5.69 Å². The minimum absolute atomic E-state index is 0.182. The number of aryl methyl sites for hydroxylation is 1. The predicted octanol–water partition coefficient (Wildman–Crippen LogP) is 3.57. The van der Waals surface area contributed by atoms with Gasteiger partial charge in [-0.05, 0) is 53.6 Å². The Hall–Kier alpha value is -1.84. The molecule has 0 aliphatic rings. The number of hydrogen-bond acceptors (Lipinski definition) is 6. The van der Waals surface area contributed by atoms with Crippen LogP contribution in [0.2, 0.25) is 0 Å². The number of carbonyl (C=O) groups excluding carboxylic acids is 2. The molecule has 0 bridgehead atoms. The Morgan fingerprint density at radius 2 is 2.11 bits per heavy atom.